The molecule has 0 fully saturated rings. The summed E-state index contributed by atoms with van der Waals surface area (Å²) in [6, 6.07) is 12.7. The van der Waals surface area contributed by atoms with E-state index < -0.39 is 6.04 Å². The number of rotatable bonds is 6. The van der Waals surface area contributed by atoms with Gasteiger partial charge in [0, 0.05) is 46.4 Å². The lowest BCUT2D eigenvalue weighted by Gasteiger charge is -2.50. The number of hydrogen-bond donors (Lipinski definition) is 1. The van der Waals surface area contributed by atoms with Crippen LogP contribution < -0.4 is 15.1 Å². The standard InChI is InChI=1S/C23H16N12OS2/c1-2-8-24-15(5-1)20-21(16-14-38-32-28-16)34(19-13-36-31-29-19)35(18-7-12-37-30-18)33(17-6-3-9-25-17)22(20)23-26-10-4-11-27-23/h1-14,22,25H. The quantitative estimate of drug-likeness (QED) is 0.328. The van der Waals surface area contributed by atoms with Crippen molar-refractivity contribution >= 4 is 51.8 Å². The van der Waals surface area contributed by atoms with E-state index >= 15 is 0 Å². The fraction of sp³-hybridized carbons (Fsp3) is 0.0435. The van der Waals surface area contributed by atoms with Crippen LogP contribution in [0.3, 0.4) is 0 Å². The van der Waals surface area contributed by atoms with Gasteiger partial charge in [0.25, 0.3) is 0 Å². The monoisotopic (exact) mass is 540 g/mol. The Kier molecular flexibility index (Phi) is 5.52. The zero-order valence-corrected chi connectivity index (χ0v) is 20.9. The molecule has 0 saturated heterocycles. The van der Waals surface area contributed by atoms with E-state index in [1.165, 1.54) is 29.3 Å². The molecule has 1 aliphatic heterocycles. The van der Waals surface area contributed by atoms with E-state index in [-0.39, 0.29) is 0 Å². The smallest absolute Gasteiger partial charge is 0.217 e. The van der Waals surface area contributed by atoms with Crippen LogP contribution >= 0.6 is 23.1 Å². The van der Waals surface area contributed by atoms with Crippen molar-refractivity contribution in [3.8, 4) is 0 Å². The normalized spacial score (nSPS) is 15.9. The first-order valence-electron chi connectivity index (χ1n) is 11.3. The Labute approximate surface area is 223 Å². The summed E-state index contributed by atoms with van der Waals surface area (Å²) in [5, 5.41) is 22.0. The van der Waals surface area contributed by atoms with E-state index in [1.807, 2.05) is 68.5 Å². The molecule has 1 unspecified atom stereocenters. The minimum atomic E-state index is -0.570. The summed E-state index contributed by atoms with van der Waals surface area (Å²) in [5.74, 6) is 2.31. The van der Waals surface area contributed by atoms with Crippen LogP contribution in [0.15, 0.2) is 88.8 Å². The molecule has 0 amide bonds. The van der Waals surface area contributed by atoms with Crippen molar-refractivity contribution in [1.29, 1.82) is 0 Å². The maximum atomic E-state index is 5.21. The Balaban J connectivity index is 1.64. The van der Waals surface area contributed by atoms with Gasteiger partial charge in [-0.05, 0) is 59.5 Å². The Bertz CT molecular complexity index is 1620. The Hall–Kier alpha value is -5.02. The molecule has 0 radical (unpaired) electrons. The van der Waals surface area contributed by atoms with Crippen LogP contribution in [-0.2, 0) is 0 Å². The molecule has 0 bridgehead atoms. The van der Waals surface area contributed by atoms with Gasteiger partial charge in [0.05, 0.1) is 5.69 Å². The summed E-state index contributed by atoms with van der Waals surface area (Å²) in [4.78, 5) is 17.5. The Morgan fingerprint density at radius 2 is 1.79 bits per heavy atom. The fourth-order valence-electron chi connectivity index (χ4n) is 4.34. The minimum absolute atomic E-state index is 0.401. The summed E-state index contributed by atoms with van der Waals surface area (Å²) in [7, 11) is 0. The van der Waals surface area contributed by atoms with Gasteiger partial charge in [-0.25, -0.2) is 20.0 Å². The first-order chi connectivity index (χ1) is 18.9. The summed E-state index contributed by atoms with van der Waals surface area (Å²) in [6.07, 6.45) is 8.49. The van der Waals surface area contributed by atoms with Crippen molar-refractivity contribution in [2.24, 2.45) is 0 Å². The van der Waals surface area contributed by atoms with Crippen LogP contribution in [0, 0.1) is 0 Å². The zero-order chi connectivity index (χ0) is 25.3. The van der Waals surface area contributed by atoms with Gasteiger partial charge < -0.3 is 9.51 Å². The molecule has 0 aliphatic carbocycles. The molecule has 0 aromatic carbocycles. The van der Waals surface area contributed by atoms with E-state index in [2.05, 4.69) is 39.3 Å². The van der Waals surface area contributed by atoms with Gasteiger partial charge in [0.2, 0.25) is 5.82 Å². The maximum absolute atomic E-state index is 5.21. The van der Waals surface area contributed by atoms with Crippen molar-refractivity contribution in [2.45, 2.75) is 6.04 Å². The Morgan fingerprint density at radius 1 is 0.868 bits per heavy atom. The van der Waals surface area contributed by atoms with Gasteiger partial charge in [0.1, 0.15) is 23.3 Å². The molecule has 13 nitrogen and oxygen atoms in total. The van der Waals surface area contributed by atoms with E-state index in [1.54, 1.807) is 24.7 Å². The van der Waals surface area contributed by atoms with E-state index in [0.29, 0.717) is 34.5 Å². The van der Waals surface area contributed by atoms with Gasteiger partial charge in [-0.2, -0.15) is 9.49 Å². The van der Waals surface area contributed by atoms with E-state index in [4.69, 9.17) is 9.51 Å². The maximum Gasteiger partial charge on any atom is 0.217 e. The molecule has 6 aromatic heterocycles. The molecule has 15 heteroatoms. The second-order valence-corrected chi connectivity index (χ2v) is 9.17. The molecule has 7 rings (SSSR count). The van der Waals surface area contributed by atoms with Crippen LogP contribution in [0.1, 0.15) is 23.3 Å². The number of pyridine rings is 1. The fourth-order valence-corrected chi connectivity index (χ4v) is 5.27. The predicted molar refractivity (Wildman–Crippen MR) is 140 cm³/mol. The average Bonchev–Trinajstić information content (AvgIpc) is 3.79. The highest BCUT2D eigenvalue weighted by Gasteiger charge is 2.47. The van der Waals surface area contributed by atoms with Crippen LogP contribution in [0.5, 0.6) is 0 Å². The largest absolute Gasteiger partial charge is 0.347 e. The van der Waals surface area contributed by atoms with Gasteiger partial charge >= 0.3 is 0 Å². The highest BCUT2D eigenvalue weighted by molar-refractivity contribution is 7.04. The van der Waals surface area contributed by atoms with Gasteiger partial charge in [0.15, 0.2) is 17.9 Å². The number of anilines is 3. The summed E-state index contributed by atoms with van der Waals surface area (Å²) in [5.41, 5.74) is 2.73. The second-order valence-electron chi connectivity index (χ2n) is 7.90. The summed E-state index contributed by atoms with van der Waals surface area (Å²) >= 11 is 2.56. The van der Waals surface area contributed by atoms with Crippen molar-refractivity contribution in [3.63, 3.8) is 0 Å². The average molecular weight is 541 g/mol. The van der Waals surface area contributed by atoms with E-state index in [9.17, 15) is 0 Å². The molecule has 1 atom stereocenters. The molecule has 6 aromatic rings. The number of aromatic amines is 1. The van der Waals surface area contributed by atoms with Crippen LogP contribution in [0.25, 0.3) is 11.3 Å². The lowest BCUT2D eigenvalue weighted by Crippen LogP contribution is -2.59. The van der Waals surface area contributed by atoms with Crippen LogP contribution in [0.2, 0.25) is 0 Å². The van der Waals surface area contributed by atoms with Gasteiger partial charge in [-0.15, -0.1) is 5.10 Å². The van der Waals surface area contributed by atoms with Gasteiger partial charge in [-0.1, -0.05) is 15.7 Å². The van der Waals surface area contributed by atoms with Crippen molar-refractivity contribution < 1.29 is 4.52 Å². The van der Waals surface area contributed by atoms with Crippen molar-refractivity contribution in [3.05, 3.63) is 101 Å². The number of nitrogens with zero attached hydrogens (tertiary/aromatic N) is 11. The number of hydrogen-bond acceptors (Lipinski definition) is 14. The molecule has 0 spiro atoms. The third-order valence-corrected chi connectivity index (χ3v) is 6.83. The second kappa shape index (κ2) is 9.45. The molecule has 1 aliphatic rings. The molecule has 1 N–H and O–H groups in total. The molecule has 186 valence electrons. The summed E-state index contributed by atoms with van der Waals surface area (Å²) < 4.78 is 14.1. The lowest BCUT2D eigenvalue weighted by molar-refractivity contribution is 0.393. The predicted octanol–water partition coefficient (Wildman–Crippen LogP) is 3.86. The lowest BCUT2D eigenvalue weighted by atomic mass is 9.95. The van der Waals surface area contributed by atoms with E-state index in [0.717, 1.165) is 11.4 Å². The Morgan fingerprint density at radius 3 is 2.47 bits per heavy atom. The molecule has 38 heavy (non-hydrogen) atoms. The third kappa shape index (κ3) is 3.68. The van der Waals surface area contributed by atoms with Crippen molar-refractivity contribution in [1.82, 2.24) is 44.3 Å². The molecule has 0 saturated carbocycles. The number of nitrogens with one attached hydrogen (secondary N) is 1. The van der Waals surface area contributed by atoms with Crippen molar-refractivity contribution in [2.75, 3.05) is 15.1 Å². The number of hydrazine groups is 2. The molecular weight excluding hydrogens is 524 g/mol. The first-order valence-corrected chi connectivity index (χ1v) is 13.0. The van der Waals surface area contributed by atoms with Gasteiger partial charge in [-0.3, -0.25) is 4.98 Å². The molecule has 7 heterocycles. The highest BCUT2D eigenvalue weighted by atomic mass is 32.1. The molecular formula is C23H16N12OS2. The summed E-state index contributed by atoms with van der Waals surface area (Å²) in [6.45, 7) is 0. The zero-order valence-electron chi connectivity index (χ0n) is 19.3. The number of H-pyrrole nitrogens is 1. The third-order valence-electron chi connectivity index (χ3n) is 5.78. The van der Waals surface area contributed by atoms with Crippen LogP contribution in [0.4, 0.5) is 17.5 Å². The highest BCUT2D eigenvalue weighted by Crippen LogP contribution is 2.49. The first kappa shape index (κ1) is 22.2. The number of aromatic nitrogens is 9. The van der Waals surface area contributed by atoms with Crippen LogP contribution in [-0.4, -0.2) is 44.3 Å². The topological polar surface area (TPSA) is 142 Å². The SMILES string of the molecule is c1ccc(C2=C(c3csnn3)N(c3conn3)N(c3ccsn3)N(c3ccc[nH]3)C2c2ncccn2)nc1. The minimum Gasteiger partial charge on any atom is -0.347 e.